The van der Waals surface area contributed by atoms with Crippen LogP contribution in [0.1, 0.15) is 37.0 Å². The van der Waals surface area contributed by atoms with E-state index in [9.17, 15) is 4.79 Å². The number of hydrogen-bond acceptors (Lipinski definition) is 5. The fraction of sp³-hybridized carbons (Fsp3) is 0.500. The van der Waals surface area contributed by atoms with E-state index in [1.807, 2.05) is 17.0 Å². The van der Waals surface area contributed by atoms with Gasteiger partial charge in [-0.05, 0) is 30.4 Å². The van der Waals surface area contributed by atoms with Crippen LogP contribution in [0.25, 0.3) is 0 Å². The van der Waals surface area contributed by atoms with Gasteiger partial charge in [0.05, 0.1) is 12.0 Å². The third-order valence-corrected chi connectivity index (χ3v) is 6.20. The second-order valence-electron chi connectivity index (χ2n) is 6.61. The Morgan fingerprint density at radius 1 is 1.29 bits per heavy atom. The SMILES string of the molecule is O=C(N1CCC(Oc2cccnn2)C1)C1(c2cccs2)CCCC1. The van der Waals surface area contributed by atoms with E-state index < -0.39 is 0 Å². The van der Waals surface area contributed by atoms with Gasteiger partial charge in [-0.2, -0.15) is 5.10 Å². The lowest BCUT2D eigenvalue weighted by atomic mass is 9.83. The standard InChI is InChI=1S/C18H21N3O2S/c22-17(18(8-1-2-9-18)15-5-4-12-24-15)21-11-7-14(13-21)23-16-6-3-10-19-20-16/h3-6,10,12,14H,1-2,7-9,11,13H2. The molecule has 3 heterocycles. The van der Waals surface area contributed by atoms with Gasteiger partial charge in [-0.3, -0.25) is 4.79 Å². The summed E-state index contributed by atoms with van der Waals surface area (Å²) < 4.78 is 5.88. The number of likely N-dealkylation sites (tertiary alicyclic amines) is 1. The molecule has 4 rings (SSSR count). The van der Waals surface area contributed by atoms with Crippen molar-refractivity contribution in [3.63, 3.8) is 0 Å². The first kappa shape index (κ1) is 15.6. The molecular weight excluding hydrogens is 322 g/mol. The van der Waals surface area contributed by atoms with Crippen molar-refractivity contribution in [2.75, 3.05) is 13.1 Å². The molecule has 2 aromatic rings. The molecule has 1 aliphatic carbocycles. The second-order valence-corrected chi connectivity index (χ2v) is 7.56. The van der Waals surface area contributed by atoms with Gasteiger partial charge in [0.15, 0.2) is 0 Å². The minimum atomic E-state index is -0.296. The molecule has 0 aromatic carbocycles. The second kappa shape index (κ2) is 6.51. The third-order valence-electron chi connectivity index (χ3n) is 5.13. The molecule has 0 bridgehead atoms. The Hall–Kier alpha value is -1.95. The molecule has 0 N–H and O–H groups in total. The predicted octanol–water partition coefficient (Wildman–Crippen LogP) is 3.03. The van der Waals surface area contributed by atoms with Gasteiger partial charge < -0.3 is 9.64 Å². The van der Waals surface area contributed by atoms with Crippen molar-refractivity contribution in [3.8, 4) is 5.88 Å². The molecule has 1 atom stereocenters. The Bertz CT molecular complexity index is 684. The first-order valence-corrected chi connectivity index (χ1v) is 9.44. The van der Waals surface area contributed by atoms with E-state index in [4.69, 9.17) is 4.74 Å². The highest BCUT2D eigenvalue weighted by molar-refractivity contribution is 7.10. The minimum absolute atomic E-state index is 0.00689. The Morgan fingerprint density at radius 2 is 2.17 bits per heavy atom. The molecule has 1 aliphatic heterocycles. The summed E-state index contributed by atoms with van der Waals surface area (Å²) in [7, 11) is 0. The molecule has 5 nitrogen and oxygen atoms in total. The van der Waals surface area contributed by atoms with Crippen molar-refractivity contribution < 1.29 is 9.53 Å². The van der Waals surface area contributed by atoms with Crippen LogP contribution in [-0.4, -0.2) is 40.2 Å². The average molecular weight is 343 g/mol. The minimum Gasteiger partial charge on any atom is -0.471 e. The fourth-order valence-corrected chi connectivity index (χ4v) is 4.91. The number of aromatic nitrogens is 2. The Balaban J connectivity index is 1.47. The van der Waals surface area contributed by atoms with Crippen molar-refractivity contribution >= 4 is 17.2 Å². The summed E-state index contributed by atoms with van der Waals surface area (Å²) in [6.45, 7) is 1.40. The summed E-state index contributed by atoms with van der Waals surface area (Å²) in [6, 6.07) is 7.79. The maximum atomic E-state index is 13.3. The lowest BCUT2D eigenvalue weighted by Gasteiger charge is -2.31. The van der Waals surface area contributed by atoms with E-state index in [1.165, 1.54) is 4.88 Å². The Labute approximate surface area is 145 Å². The normalized spacial score (nSPS) is 22.7. The van der Waals surface area contributed by atoms with E-state index in [-0.39, 0.29) is 17.4 Å². The molecule has 1 amide bonds. The van der Waals surface area contributed by atoms with Crippen LogP contribution in [0.3, 0.4) is 0 Å². The predicted molar refractivity (Wildman–Crippen MR) is 92.1 cm³/mol. The van der Waals surface area contributed by atoms with E-state index in [0.29, 0.717) is 12.4 Å². The monoisotopic (exact) mass is 343 g/mol. The molecule has 24 heavy (non-hydrogen) atoms. The molecule has 2 aliphatic rings. The number of ether oxygens (including phenoxy) is 1. The topological polar surface area (TPSA) is 55.3 Å². The van der Waals surface area contributed by atoms with Crippen molar-refractivity contribution in [1.29, 1.82) is 0 Å². The van der Waals surface area contributed by atoms with Gasteiger partial charge in [0.2, 0.25) is 11.8 Å². The van der Waals surface area contributed by atoms with Gasteiger partial charge in [0, 0.05) is 30.1 Å². The van der Waals surface area contributed by atoms with E-state index in [1.54, 1.807) is 17.5 Å². The molecule has 0 radical (unpaired) electrons. The van der Waals surface area contributed by atoms with Crippen LogP contribution < -0.4 is 4.74 Å². The summed E-state index contributed by atoms with van der Waals surface area (Å²) in [5, 5.41) is 9.88. The molecule has 2 aromatic heterocycles. The fourth-order valence-electron chi connectivity index (χ4n) is 3.93. The number of carbonyl (C=O) groups is 1. The zero-order chi connectivity index (χ0) is 16.4. The lowest BCUT2D eigenvalue weighted by Crippen LogP contribution is -2.44. The van der Waals surface area contributed by atoms with Crippen LogP contribution >= 0.6 is 11.3 Å². The van der Waals surface area contributed by atoms with Crippen LogP contribution in [-0.2, 0) is 10.2 Å². The highest BCUT2D eigenvalue weighted by atomic mass is 32.1. The Kier molecular flexibility index (Phi) is 4.22. The summed E-state index contributed by atoms with van der Waals surface area (Å²) in [5.41, 5.74) is -0.296. The summed E-state index contributed by atoms with van der Waals surface area (Å²) >= 11 is 1.71. The highest BCUT2D eigenvalue weighted by Gasteiger charge is 2.47. The molecule has 1 saturated heterocycles. The quantitative estimate of drug-likeness (QED) is 0.856. The third kappa shape index (κ3) is 2.79. The number of thiophene rings is 1. The van der Waals surface area contributed by atoms with E-state index in [0.717, 1.165) is 38.6 Å². The zero-order valence-electron chi connectivity index (χ0n) is 13.6. The van der Waals surface area contributed by atoms with Gasteiger partial charge in [0.25, 0.3) is 0 Å². The van der Waals surface area contributed by atoms with Gasteiger partial charge in [-0.15, -0.1) is 16.4 Å². The number of rotatable bonds is 4. The van der Waals surface area contributed by atoms with Crippen molar-refractivity contribution in [2.24, 2.45) is 0 Å². The van der Waals surface area contributed by atoms with Gasteiger partial charge >= 0.3 is 0 Å². The van der Waals surface area contributed by atoms with E-state index in [2.05, 4.69) is 27.7 Å². The van der Waals surface area contributed by atoms with Crippen LogP contribution in [0.15, 0.2) is 35.8 Å². The summed E-state index contributed by atoms with van der Waals surface area (Å²) in [5.74, 6) is 0.818. The molecule has 1 saturated carbocycles. The van der Waals surface area contributed by atoms with Crippen LogP contribution in [0.4, 0.5) is 0 Å². The van der Waals surface area contributed by atoms with Crippen LogP contribution in [0.2, 0.25) is 0 Å². The zero-order valence-corrected chi connectivity index (χ0v) is 14.4. The smallest absolute Gasteiger partial charge is 0.234 e. The first-order valence-electron chi connectivity index (χ1n) is 8.56. The molecule has 126 valence electrons. The van der Waals surface area contributed by atoms with Gasteiger partial charge in [-0.1, -0.05) is 18.9 Å². The molecule has 6 heteroatoms. The number of nitrogens with zero attached hydrogens (tertiary/aromatic N) is 3. The number of carbonyl (C=O) groups excluding carboxylic acids is 1. The molecule has 2 fully saturated rings. The van der Waals surface area contributed by atoms with Crippen LogP contribution in [0, 0.1) is 0 Å². The van der Waals surface area contributed by atoms with Gasteiger partial charge in [-0.25, -0.2) is 0 Å². The molecule has 0 spiro atoms. The molecule has 1 unspecified atom stereocenters. The summed E-state index contributed by atoms with van der Waals surface area (Å²) in [6.07, 6.45) is 6.70. The van der Waals surface area contributed by atoms with Crippen LogP contribution in [0.5, 0.6) is 5.88 Å². The van der Waals surface area contributed by atoms with Crippen molar-refractivity contribution in [3.05, 3.63) is 40.7 Å². The first-order chi connectivity index (χ1) is 11.8. The lowest BCUT2D eigenvalue weighted by molar-refractivity contribution is -0.136. The largest absolute Gasteiger partial charge is 0.471 e. The van der Waals surface area contributed by atoms with Crippen molar-refractivity contribution in [1.82, 2.24) is 15.1 Å². The number of amides is 1. The molecular formula is C18H21N3O2S. The number of hydrogen-bond donors (Lipinski definition) is 0. The average Bonchev–Trinajstić information content (AvgIpc) is 3.36. The maximum absolute atomic E-state index is 13.3. The van der Waals surface area contributed by atoms with E-state index >= 15 is 0 Å². The van der Waals surface area contributed by atoms with Gasteiger partial charge in [0.1, 0.15) is 6.10 Å². The van der Waals surface area contributed by atoms with Crippen molar-refractivity contribution in [2.45, 2.75) is 43.6 Å². The highest BCUT2D eigenvalue weighted by Crippen LogP contribution is 2.45. The summed E-state index contributed by atoms with van der Waals surface area (Å²) in [4.78, 5) is 16.5. The Morgan fingerprint density at radius 3 is 2.88 bits per heavy atom. The maximum Gasteiger partial charge on any atom is 0.234 e.